The summed E-state index contributed by atoms with van der Waals surface area (Å²) in [5, 5.41) is 14.2. The molecule has 1 fully saturated rings. The molecule has 4 unspecified atom stereocenters. The maximum atomic E-state index is 14.4. The van der Waals surface area contributed by atoms with Crippen LogP contribution in [0, 0.1) is 5.92 Å². The van der Waals surface area contributed by atoms with Crippen molar-refractivity contribution in [1.82, 2.24) is 4.90 Å². The standard InChI is InChI=1S/C31H26Cl2N2O5S/c1-31(29(37)38)26(19-7-6-10-22(17-19)40-2)25(28(36)23-15-16-24(33)41-23)27(18-11-13-20(32)14-12-18)35(31)30(39)34-21-8-4-3-5-9-21/h3-17,25-27H,1-2H3,(H,34,39)(H,37,38). The van der Waals surface area contributed by atoms with Crippen molar-refractivity contribution in [2.45, 2.75) is 24.4 Å². The minimum atomic E-state index is -1.86. The predicted molar refractivity (Wildman–Crippen MR) is 160 cm³/mol. The maximum absolute atomic E-state index is 14.4. The van der Waals surface area contributed by atoms with E-state index in [1.54, 1.807) is 84.9 Å². The van der Waals surface area contributed by atoms with E-state index < -0.39 is 35.4 Å². The van der Waals surface area contributed by atoms with Gasteiger partial charge in [0, 0.05) is 16.6 Å². The number of likely N-dealkylation sites (tertiary alicyclic amines) is 1. The van der Waals surface area contributed by atoms with Gasteiger partial charge in [0.25, 0.3) is 0 Å². The molecule has 4 aromatic rings. The van der Waals surface area contributed by atoms with Gasteiger partial charge in [-0.15, -0.1) is 11.3 Å². The van der Waals surface area contributed by atoms with Crippen molar-refractivity contribution < 1.29 is 24.2 Å². The van der Waals surface area contributed by atoms with Crippen LogP contribution in [0.3, 0.4) is 0 Å². The number of urea groups is 1. The van der Waals surface area contributed by atoms with Crippen LogP contribution < -0.4 is 10.1 Å². The highest BCUT2D eigenvalue weighted by Crippen LogP contribution is 2.57. The van der Waals surface area contributed by atoms with Gasteiger partial charge in [-0.1, -0.05) is 65.7 Å². The van der Waals surface area contributed by atoms with E-state index in [0.29, 0.717) is 36.8 Å². The monoisotopic (exact) mass is 608 g/mol. The lowest BCUT2D eigenvalue weighted by Crippen LogP contribution is -2.55. The third-order valence-corrected chi connectivity index (χ3v) is 9.04. The second-order valence-corrected chi connectivity index (χ2v) is 12.0. The normalized spacial score (nSPS) is 21.9. The zero-order valence-corrected chi connectivity index (χ0v) is 24.4. The van der Waals surface area contributed by atoms with Crippen LogP contribution in [0.2, 0.25) is 9.36 Å². The number of carboxylic acid groups (broad SMARTS) is 1. The molecule has 2 N–H and O–H groups in total. The molecule has 1 aliphatic heterocycles. The van der Waals surface area contributed by atoms with Gasteiger partial charge in [-0.2, -0.15) is 0 Å². The number of hydrogen-bond donors (Lipinski definition) is 2. The Hall–Kier alpha value is -3.85. The van der Waals surface area contributed by atoms with E-state index in [2.05, 4.69) is 5.32 Å². The highest BCUT2D eigenvalue weighted by atomic mass is 35.5. The van der Waals surface area contributed by atoms with Crippen LogP contribution >= 0.6 is 34.5 Å². The van der Waals surface area contributed by atoms with Crippen LogP contribution in [0.25, 0.3) is 0 Å². The molecule has 0 saturated carbocycles. The first kappa shape index (κ1) is 28.7. The van der Waals surface area contributed by atoms with E-state index in [1.807, 2.05) is 6.07 Å². The number of benzene rings is 3. The van der Waals surface area contributed by atoms with Crippen LogP contribution in [-0.4, -0.2) is 40.4 Å². The highest BCUT2D eigenvalue weighted by Gasteiger charge is 2.65. The number of methoxy groups -OCH3 is 1. The molecule has 1 saturated heterocycles. The van der Waals surface area contributed by atoms with E-state index in [1.165, 1.54) is 18.9 Å². The molecular weight excluding hydrogens is 583 g/mol. The second kappa shape index (κ2) is 11.6. The fraction of sp³-hybridized carbons (Fsp3) is 0.194. The number of nitrogens with zero attached hydrogens (tertiary/aromatic N) is 1. The summed E-state index contributed by atoms with van der Waals surface area (Å²) in [7, 11) is 1.51. The molecule has 5 rings (SSSR count). The summed E-state index contributed by atoms with van der Waals surface area (Å²) in [5.41, 5.74) is -0.268. The number of carbonyl (C=O) groups is 3. The topological polar surface area (TPSA) is 95.9 Å². The Balaban J connectivity index is 1.78. The molecule has 1 aliphatic rings. The fourth-order valence-electron chi connectivity index (χ4n) is 5.70. The summed E-state index contributed by atoms with van der Waals surface area (Å²) in [4.78, 5) is 43.6. The number of carbonyl (C=O) groups excluding carboxylic acids is 2. The molecule has 41 heavy (non-hydrogen) atoms. The molecule has 0 bridgehead atoms. The number of ketones is 1. The predicted octanol–water partition coefficient (Wildman–Crippen LogP) is 7.78. The average molecular weight is 610 g/mol. The zero-order valence-electron chi connectivity index (χ0n) is 22.1. The number of hydrogen-bond acceptors (Lipinski definition) is 5. The number of Topliss-reactive ketones (excluding diaryl/α,β-unsaturated/α-hetero) is 1. The van der Waals surface area contributed by atoms with Gasteiger partial charge >= 0.3 is 12.0 Å². The lowest BCUT2D eigenvalue weighted by atomic mass is 9.72. The van der Waals surface area contributed by atoms with Gasteiger partial charge in [-0.25, -0.2) is 9.59 Å². The number of carboxylic acids is 1. The number of thiophene rings is 1. The fourth-order valence-corrected chi connectivity index (χ4v) is 6.86. The molecule has 0 radical (unpaired) electrons. The van der Waals surface area contributed by atoms with Crippen molar-refractivity contribution in [2.75, 3.05) is 12.4 Å². The smallest absolute Gasteiger partial charge is 0.330 e. The molecule has 3 aromatic carbocycles. The van der Waals surface area contributed by atoms with E-state index >= 15 is 0 Å². The van der Waals surface area contributed by atoms with E-state index in [-0.39, 0.29) is 5.78 Å². The molecule has 7 nitrogen and oxygen atoms in total. The first-order valence-corrected chi connectivity index (χ1v) is 14.3. The number of amides is 2. The third kappa shape index (κ3) is 5.30. The quantitative estimate of drug-likeness (QED) is 0.209. The Kier molecular flexibility index (Phi) is 8.09. The summed E-state index contributed by atoms with van der Waals surface area (Å²) in [6, 6.07) is 24.1. The number of halogens is 2. The van der Waals surface area contributed by atoms with Crippen molar-refractivity contribution in [1.29, 1.82) is 0 Å². The number of ether oxygens (including phenoxy) is 1. The molecule has 0 aliphatic carbocycles. The summed E-state index contributed by atoms with van der Waals surface area (Å²) in [6.07, 6.45) is 0. The highest BCUT2D eigenvalue weighted by molar-refractivity contribution is 7.18. The van der Waals surface area contributed by atoms with E-state index in [9.17, 15) is 19.5 Å². The second-order valence-electron chi connectivity index (χ2n) is 9.86. The van der Waals surface area contributed by atoms with Crippen molar-refractivity contribution in [3.05, 3.63) is 116 Å². The Bertz CT molecular complexity index is 1590. The molecule has 4 atom stereocenters. The lowest BCUT2D eigenvalue weighted by molar-refractivity contribution is -0.148. The van der Waals surface area contributed by atoms with Crippen molar-refractivity contribution in [3.63, 3.8) is 0 Å². The third-order valence-electron chi connectivity index (χ3n) is 7.54. The van der Waals surface area contributed by atoms with Crippen LogP contribution in [0.5, 0.6) is 5.75 Å². The molecule has 2 amide bonds. The number of para-hydroxylation sites is 1. The molecule has 2 heterocycles. The van der Waals surface area contributed by atoms with Crippen LogP contribution in [0.1, 0.15) is 39.7 Å². The number of anilines is 1. The average Bonchev–Trinajstić information content (AvgIpc) is 3.53. The van der Waals surface area contributed by atoms with Gasteiger partial charge in [-0.05, 0) is 66.6 Å². The summed E-state index contributed by atoms with van der Waals surface area (Å²) in [6.45, 7) is 1.49. The van der Waals surface area contributed by atoms with Crippen LogP contribution in [0.15, 0.2) is 91.0 Å². The summed E-state index contributed by atoms with van der Waals surface area (Å²) < 4.78 is 5.87. The first-order valence-electron chi connectivity index (χ1n) is 12.7. The van der Waals surface area contributed by atoms with E-state index in [0.717, 1.165) is 11.3 Å². The van der Waals surface area contributed by atoms with Gasteiger partial charge in [0.2, 0.25) is 0 Å². The Morgan fingerprint density at radius 3 is 2.24 bits per heavy atom. The van der Waals surface area contributed by atoms with Crippen LogP contribution in [0.4, 0.5) is 10.5 Å². The van der Waals surface area contributed by atoms with Gasteiger partial charge in [0.15, 0.2) is 5.78 Å². The summed E-state index contributed by atoms with van der Waals surface area (Å²) in [5.74, 6) is -3.05. The zero-order chi connectivity index (χ0) is 29.3. The minimum absolute atomic E-state index is 0.322. The Morgan fingerprint density at radius 1 is 0.927 bits per heavy atom. The molecule has 1 aromatic heterocycles. The van der Waals surface area contributed by atoms with Crippen LogP contribution in [-0.2, 0) is 4.79 Å². The van der Waals surface area contributed by atoms with Crippen molar-refractivity contribution >= 4 is 58.0 Å². The van der Waals surface area contributed by atoms with E-state index in [4.69, 9.17) is 27.9 Å². The van der Waals surface area contributed by atoms with Gasteiger partial charge in [0.05, 0.1) is 28.3 Å². The van der Waals surface area contributed by atoms with Crippen molar-refractivity contribution in [2.24, 2.45) is 5.92 Å². The van der Waals surface area contributed by atoms with Gasteiger partial charge in [-0.3, -0.25) is 9.69 Å². The van der Waals surface area contributed by atoms with Crippen molar-refractivity contribution in [3.8, 4) is 5.75 Å². The first-order chi connectivity index (χ1) is 19.6. The number of aliphatic carboxylic acids is 1. The molecular formula is C31H26Cl2N2O5S. The van der Waals surface area contributed by atoms with Gasteiger partial charge in [0.1, 0.15) is 11.3 Å². The molecule has 210 valence electrons. The number of nitrogens with one attached hydrogen (secondary N) is 1. The molecule has 10 heteroatoms. The maximum Gasteiger partial charge on any atom is 0.330 e. The van der Waals surface area contributed by atoms with Gasteiger partial charge < -0.3 is 15.2 Å². The summed E-state index contributed by atoms with van der Waals surface area (Å²) >= 11 is 13.5. The Morgan fingerprint density at radius 2 is 1.63 bits per heavy atom. The largest absolute Gasteiger partial charge is 0.497 e. The Labute approximate surface area is 251 Å². The SMILES string of the molecule is COc1cccc(C2C(C(=O)c3ccc(Cl)s3)C(c3ccc(Cl)cc3)N(C(=O)Nc3ccccc3)C2(C)C(=O)O)c1. The number of rotatable bonds is 7. The minimum Gasteiger partial charge on any atom is -0.497 e. The molecule has 0 spiro atoms. The lowest BCUT2D eigenvalue weighted by Gasteiger charge is -2.37.